The molecule has 3 heterocycles. The number of benzene rings is 1. The molecule has 0 radical (unpaired) electrons. The Bertz CT molecular complexity index is 804. The first-order valence-corrected chi connectivity index (χ1v) is 9.02. The van der Waals surface area contributed by atoms with Crippen molar-refractivity contribution in [1.82, 2.24) is 14.9 Å². The molecule has 2 aliphatic heterocycles. The Kier molecular flexibility index (Phi) is 4.15. The van der Waals surface area contributed by atoms with Gasteiger partial charge in [0.1, 0.15) is 12.1 Å². The fraction of sp³-hybridized carbons (Fsp3) is 0.450. The Hall–Kier alpha value is -2.43. The van der Waals surface area contributed by atoms with E-state index in [0.717, 1.165) is 56.1 Å². The van der Waals surface area contributed by atoms with Crippen LogP contribution in [0.25, 0.3) is 0 Å². The second kappa shape index (κ2) is 6.47. The van der Waals surface area contributed by atoms with Gasteiger partial charge in [0.15, 0.2) is 0 Å². The van der Waals surface area contributed by atoms with Gasteiger partial charge in [0.05, 0.1) is 5.92 Å². The number of amides is 1. The van der Waals surface area contributed by atoms with E-state index in [-0.39, 0.29) is 5.92 Å². The number of fused-ring (bicyclic) bond motifs is 1. The molecule has 1 aromatic carbocycles. The molecule has 1 amide bonds. The SMILES string of the molecule is Cc1ncnc(N2CCC(C(=O)N3CCc4ccccc4C3)C2)c1C. The molecule has 130 valence electrons. The second-order valence-electron chi connectivity index (χ2n) is 7.12. The van der Waals surface area contributed by atoms with Crippen molar-refractivity contribution in [1.29, 1.82) is 0 Å². The van der Waals surface area contributed by atoms with E-state index in [9.17, 15) is 4.79 Å². The lowest BCUT2D eigenvalue weighted by Gasteiger charge is -2.31. The number of aromatic nitrogens is 2. The van der Waals surface area contributed by atoms with Gasteiger partial charge in [-0.2, -0.15) is 0 Å². The monoisotopic (exact) mass is 336 g/mol. The van der Waals surface area contributed by atoms with E-state index in [1.54, 1.807) is 6.33 Å². The Balaban J connectivity index is 1.45. The number of anilines is 1. The van der Waals surface area contributed by atoms with Crippen LogP contribution in [-0.2, 0) is 17.8 Å². The lowest BCUT2D eigenvalue weighted by molar-refractivity contribution is -0.135. The molecular formula is C20H24N4O. The number of rotatable bonds is 2. The van der Waals surface area contributed by atoms with Crippen molar-refractivity contribution < 1.29 is 4.79 Å². The van der Waals surface area contributed by atoms with Crippen LogP contribution in [0.15, 0.2) is 30.6 Å². The predicted molar refractivity (Wildman–Crippen MR) is 97.4 cm³/mol. The highest BCUT2D eigenvalue weighted by atomic mass is 16.2. The summed E-state index contributed by atoms with van der Waals surface area (Å²) < 4.78 is 0. The third kappa shape index (κ3) is 2.99. The van der Waals surface area contributed by atoms with Crippen LogP contribution < -0.4 is 4.90 Å². The molecule has 2 aromatic rings. The average Bonchev–Trinajstić information content (AvgIpc) is 3.13. The maximum Gasteiger partial charge on any atom is 0.227 e. The summed E-state index contributed by atoms with van der Waals surface area (Å²) in [5.74, 6) is 1.34. The van der Waals surface area contributed by atoms with Crippen LogP contribution in [0, 0.1) is 19.8 Å². The minimum Gasteiger partial charge on any atom is -0.355 e. The normalized spacial score (nSPS) is 19.8. The highest BCUT2D eigenvalue weighted by Gasteiger charge is 2.33. The van der Waals surface area contributed by atoms with E-state index < -0.39 is 0 Å². The molecule has 1 fully saturated rings. The van der Waals surface area contributed by atoms with Gasteiger partial charge in [-0.3, -0.25) is 4.79 Å². The highest BCUT2D eigenvalue weighted by molar-refractivity contribution is 5.80. The summed E-state index contributed by atoms with van der Waals surface area (Å²) in [6.45, 7) is 7.29. The maximum atomic E-state index is 13.0. The molecule has 1 atom stereocenters. The smallest absolute Gasteiger partial charge is 0.227 e. The average molecular weight is 336 g/mol. The van der Waals surface area contributed by atoms with Crippen molar-refractivity contribution in [3.05, 3.63) is 53.0 Å². The summed E-state index contributed by atoms with van der Waals surface area (Å²) >= 11 is 0. The summed E-state index contributed by atoms with van der Waals surface area (Å²) in [6.07, 6.45) is 3.48. The Morgan fingerprint density at radius 2 is 1.92 bits per heavy atom. The first kappa shape index (κ1) is 16.1. The number of aryl methyl sites for hydroxylation is 1. The van der Waals surface area contributed by atoms with Crippen LogP contribution in [0.5, 0.6) is 0 Å². The van der Waals surface area contributed by atoms with Crippen molar-refractivity contribution in [3.8, 4) is 0 Å². The van der Waals surface area contributed by atoms with Gasteiger partial charge in [0.2, 0.25) is 5.91 Å². The van der Waals surface area contributed by atoms with Crippen LogP contribution in [-0.4, -0.2) is 40.4 Å². The molecule has 0 saturated carbocycles. The van der Waals surface area contributed by atoms with Gasteiger partial charge in [-0.15, -0.1) is 0 Å². The van der Waals surface area contributed by atoms with Crippen LogP contribution in [0.4, 0.5) is 5.82 Å². The van der Waals surface area contributed by atoms with Gasteiger partial charge < -0.3 is 9.80 Å². The van der Waals surface area contributed by atoms with Crippen LogP contribution in [0.2, 0.25) is 0 Å². The van der Waals surface area contributed by atoms with E-state index in [1.165, 1.54) is 11.1 Å². The van der Waals surface area contributed by atoms with Gasteiger partial charge in [-0.05, 0) is 37.8 Å². The molecule has 0 bridgehead atoms. The summed E-state index contributed by atoms with van der Waals surface area (Å²) in [6, 6.07) is 8.46. The number of hydrogen-bond acceptors (Lipinski definition) is 4. The molecular weight excluding hydrogens is 312 g/mol. The zero-order valence-corrected chi connectivity index (χ0v) is 14.9. The fourth-order valence-corrected chi connectivity index (χ4v) is 3.94. The van der Waals surface area contributed by atoms with Gasteiger partial charge in [0.25, 0.3) is 0 Å². The molecule has 25 heavy (non-hydrogen) atoms. The third-order valence-corrected chi connectivity index (χ3v) is 5.59. The minimum absolute atomic E-state index is 0.0694. The number of carbonyl (C=O) groups is 1. The summed E-state index contributed by atoms with van der Waals surface area (Å²) in [5, 5.41) is 0. The van der Waals surface area contributed by atoms with Gasteiger partial charge in [0, 0.05) is 37.4 Å². The van der Waals surface area contributed by atoms with Gasteiger partial charge in [-0.1, -0.05) is 24.3 Å². The van der Waals surface area contributed by atoms with Crippen molar-refractivity contribution >= 4 is 11.7 Å². The van der Waals surface area contributed by atoms with Crippen LogP contribution in [0.3, 0.4) is 0 Å². The lowest BCUT2D eigenvalue weighted by atomic mass is 9.98. The highest BCUT2D eigenvalue weighted by Crippen LogP contribution is 2.28. The lowest BCUT2D eigenvalue weighted by Crippen LogP contribution is -2.40. The van der Waals surface area contributed by atoms with E-state index in [1.807, 2.05) is 11.8 Å². The van der Waals surface area contributed by atoms with Gasteiger partial charge in [-0.25, -0.2) is 9.97 Å². The topological polar surface area (TPSA) is 49.3 Å². The van der Waals surface area contributed by atoms with Crippen LogP contribution in [0.1, 0.15) is 28.8 Å². The third-order valence-electron chi connectivity index (χ3n) is 5.59. The predicted octanol–water partition coefficient (Wildman–Crippen LogP) is 2.50. The molecule has 1 saturated heterocycles. The molecule has 5 nitrogen and oxygen atoms in total. The van der Waals surface area contributed by atoms with E-state index in [0.29, 0.717) is 5.91 Å². The molecule has 0 spiro atoms. The van der Waals surface area contributed by atoms with Crippen molar-refractivity contribution in [3.63, 3.8) is 0 Å². The van der Waals surface area contributed by atoms with E-state index in [4.69, 9.17) is 0 Å². The fourth-order valence-electron chi connectivity index (χ4n) is 3.94. The zero-order chi connectivity index (χ0) is 17.4. The summed E-state index contributed by atoms with van der Waals surface area (Å²) in [7, 11) is 0. The van der Waals surface area contributed by atoms with Gasteiger partial charge >= 0.3 is 0 Å². The molecule has 0 aliphatic carbocycles. The quantitative estimate of drug-likeness (QED) is 0.845. The van der Waals surface area contributed by atoms with Crippen molar-refractivity contribution in [2.24, 2.45) is 5.92 Å². The van der Waals surface area contributed by atoms with Crippen molar-refractivity contribution in [2.45, 2.75) is 33.2 Å². The number of hydrogen-bond donors (Lipinski definition) is 0. The number of nitrogens with zero attached hydrogens (tertiary/aromatic N) is 4. The van der Waals surface area contributed by atoms with E-state index >= 15 is 0 Å². The first-order chi connectivity index (χ1) is 12.1. The molecule has 2 aliphatic rings. The number of carbonyl (C=O) groups excluding carboxylic acids is 1. The first-order valence-electron chi connectivity index (χ1n) is 9.02. The molecule has 4 rings (SSSR count). The molecule has 5 heteroatoms. The molecule has 1 aromatic heterocycles. The Labute approximate surface area is 148 Å². The van der Waals surface area contributed by atoms with E-state index in [2.05, 4.69) is 46.1 Å². The molecule has 0 N–H and O–H groups in total. The van der Waals surface area contributed by atoms with Crippen molar-refractivity contribution in [2.75, 3.05) is 24.5 Å². The minimum atomic E-state index is 0.0694. The Morgan fingerprint density at radius 1 is 1.12 bits per heavy atom. The molecule has 1 unspecified atom stereocenters. The maximum absolute atomic E-state index is 13.0. The second-order valence-corrected chi connectivity index (χ2v) is 7.12. The largest absolute Gasteiger partial charge is 0.355 e. The standard InChI is InChI=1S/C20H24N4O/c1-14-15(2)21-13-22-19(14)23-9-8-18(12-23)20(25)24-10-7-16-5-3-4-6-17(16)11-24/h3-6,13,18H,7-12H2,1-2H3. The summed E-state index contributed by atoms with van der Waals surface area (Å²) in [5.41, 5.74) is 4.79. The zero-order valence-electron chi connectivity index (χ0n) is 14.9. The summed E-state index contributed by atoms with van der Waals surface area (Å²) in [4.78, 5) is 26.0. The Morgan fingerprint density at radius 3 is 2.76 bits per heavy atom. The van der Waals surface area contributed by atoms with Crippen LogP contribution >= 0.6 is 0 Å².